The minimum atomic E-state index is -3.75. The number of fused-ring (bicyclic) bond motifs is 1. The van der Waals surface area contributed by atoms with Gasteiger partial charge in [0.2, 0.25) is 10.0 Å². The molecule has 0 saturated heterocycles. The van der Waals surface area contributed by atoms with E-state index < -0.39 is 16.1 Å². The molecule has 0 aliphatic carbocycles. The molecule has 0 radical (unpaired) electrons. The van der Waals surface area contributed by atoms with E-state index in [0.29, 0.717) is 11.5 Å². The smallest absolute Gasteiger partial charge is 0.241 e. The maximum atomic E-state index is 12.9. The van der Waals surface area contributed by atoms with Crippen LogP contribution in [0.2, 0.25) is 5.02 Å². The first-order chi connectivity index (χ1) is 15.4. The largest absolute Gasteiger partial charge is 0.456 e. The average molecular weight is 463 g/mol. The lowest BCUT2D eigenvalue weighted by atomic mass is 10.0. The molecule has 0 fully saturated rings. The van der Waals surface area contributed by atoms with Gasteiger partial charge in [-0.15, -0.1) is 0 Å². The maximum Gasteiger partial charge on any atom is 0.241 e. The Morgan fingerprint density at radius 1 is 0.938 bits per heavy atom. The SMILES string of the molecule is CC(NS(=O)(=O)c1ccc(Oc2cccc(Cl)c2C#N)cc1)c1ccc2ccccc2c1. The average Bonchev–Trinajstić information content (AvgIpc) is 2.79. The summed E-state index contributed by atoms with van der Waals surface area (Å²) in [6, 6.07) is 26.3. The Hall–Kier alpha value is -3.37. The molecule has 4 aromatic rings. The molecule has 1 atom stereocenters. The Labute approximate surface area is 191 Å². The standard InChI is InChI=1S/C25H19ClN2O3S/c1-17(19-10-9-18-5-2-3-6-20(18)15-19)28-32(29,30)22-13-11-21(12-14-22)31-25-8-4-7-24(26)23(25)16-27/h2-15,17,28H,1H3. The molecule has 0 aromatic heterocycles. The van der Waals surface area contributed by atoms with E-state index in [0.717, 1.165) is 16.3 Å². The number of nitriles is 1. The highest BCUT2D eigenvalue weighted by Gasteiger charge is 2.19. The van der Waals surface area contributed by atoms with Crippen LogP contribution in [-0.2, 0) is 10.0 Å². The van der Waals surface area contributed by atoms with Crippen LogP contribution in [0.25, 0.3) is 10.8 Å². The summed E-state index contributed by atoms with van der Waals surface area (Å²) in [5.74, 6) is 0.698. The van der Waals surface area contributed by atoms with Crippen LogP contribution < -0.4 is 9.46 Å². The lowest BCUT2D eigenvalue weighted by Crippen LogP contribution is -2.26. The summed E-state index contributed by atoms with van der Waals surface area (Å²) >= 11 is 6.02. The van der Waals surface area contributed by atoms with Gasteiger partial charge in [0.05, 0.1) is 9.92 Å². The van der Waals surface area contributed by atoms with Crippen molar-refractivity contribution in [2.75, 3.05) is 0 Å². The van der Waals surface area contributed by atoms with E-state index in [1.807, 2.05) is 55.5 Å². The Balaban J connectivity index is 1.51. The third-order valence-electron chi connectivity index (χ3n) is 5.05. The van der Waals surface area contributed by atoms with Crippen molar-refractivity contribution in [3.63, 3.8) is 0 Å². The molecule has 32 heavy (non-hydrogen) atoms. The zero-order valence-electron chi connectivity index (χ0n) is 17.1. The van der Waals surface area contributed by atoms with E-state index in [1.165, 1.54) is 24.3 Å². The first-order valence-electron chi connectivity index (χ1n) is 9.85. The fraction of sp³-hybridized carbons (Fsp3) is 0.0800. The van der Waals surface area contributed by atoms with Gasteiger partial charge in [0.15, 0.2) is 0 Å². The monoisotopic (exact) mass is 462 g/mol. The molecule has 5 nitrogen and oxygen atoms in total. The molecule has 0 amide bonds. The van der Waals surface area contributed by atoms with Crippen LogP contribution in [0.1, 0.15) is 24.1 Å². The van der Waals surface area contributed by atoms with Gasteiger partial charge in [-0.1, -0.05) is 54.1 Å². The highest BCUT2D eigenvalue weighted by atomic mass is 35.5. The number of benzene rings is 4. The first-order valence-corrected chi connectivity index (χ1v) is 11.7. The minimum absolute atomic E-state index is 0.115. The molecule has 4 aromatic carbocycles. The van der Waals surface area contributed by atoms with Crippen molar-refractivity contribution in [1.29, 1.82) is 5.26 Å². The normalized spacial score (nSPS) is 12.3. The molecule has 0 saturated carbocycles. The van der Waals surface area contributed by atoms with E-state index in [4.69, 9.17) is 16.3 Å². The van der Waals surface area contributed by atoms with Gasteiger partial charge in [-0.25, -0.2) is 13.1 Å². The lowest BCUT2D eigenvalue weighted by molar-refractivity contribution is 0.480. The molecule has 1 unspecified atom stereocenters. The molecule has 0 spiro atoms. The van der Waals surface area contributed by atoms with E-state index in [1.54, 1.807) is 18.2 Å². The van der Waals surface area contributed by atoms with Crippen molar-refractivity contribution in [2.45, 2.75) is 17.9 Å². The Morgan fingerprint density at radius 3 is 2.38 bits per heavy atom. The molecule has 0 heterocycles. The van der Waals surface area contributed by atoms with Crippen molar-refractivity contribution in [2.24, 2.45) is 0 Å². The van der Waals surface area contributed by atoms with E-state index in [-0.39, 0.29) is 15.5 Å². The number of nitrogens with one attached hydrogen (secondary N) is 1. The molecular weight excluding hydrogens is 444 g/mol. The summed E-state index contributed by atoms with van der Waals surface area (Å²) in [7, 11) is -3.75. The van der Waals surface area contributed by atoms with Gasteiger partial charge >= 0.3 is 0 Å². The second-order valence-corrected chi connectivity index (χ2v) is 9.37. The molecule has 0 bridgehead atoms. The van der Waals surface area contributed by atoms with Crippen LogP contribution >= 0.6 is 11.6 Å². The van der Waals surface area contributed by atoms with Crippen LogP contribution in [0, 0.1) is 11.3 Å². The Morgan fingerprint density at radius 2 is 1.66 bits per heavy atom. The van der Waals surface area contributed by atoms with Gasteiger partial charge in [0.1, 0.15) is 23.1 Å². The summed E-state index contributed by atoms with van der Waals surface area (Å²) < 4.78 is 34.2. The lowest BCUT2D eigenvalue weighted by Gasteiger charge is -2.16. The van der Waals surface area contributed by atoms with Crippen LogP contribution in [-0.4, -0.2) is 8.42 Å². The van der Waals surface area contributed by atoms with Crippen molar-refractivity contribution >= 4 is 32.4 Å². The molecule has 4 rings (SSSR count). The van der Waals surface area contributed by atoms with Gasteiger partial charge in [0, 0.05) is 6.04 Å². The minimum Gasteiger partial charge on any atom is -0.456 e. The summed E-state index contributed by atoms with van der Waals surface area (Å²) in [6.07, 6.45) is 0. The topological polar surface area (TPSA) is 79.2 Å². The van der Waals surface area contributed by atoms with E-state index in [2.05, 4.69) is 4.72 Å². The van der Waals surface area contributed by atoms with Gasteiger partial charge in [-0.05, 0) is 65.7 Å². The number of hydrogen-bond donors (Lipinski definition) is 1. The molecule has 7 heteroatoms. The van der Waals surface area contributed by atoms with Gasteiger partial charge in [-0.2, -0.15) is 5.26 Å². The Bertz CT molecular complexity index is 1430. The fourth-order valence-electron chi connectivity index (χ4n) is 3.36. The predicted octanol–water partition coefficient (Wildman–Crippen LogP) is 6.20. The number of ether oxygens (including phenoxy) is 1. The van der Waals surface area contributed by atoms with E-state index >= 15 is 0 Å². The molecular formula is C25H19ClN2O3S. The first kappa shape index (κ1) is 21.8. The third kappa shape index (κ3) is 4.61. The van der Waals surface area contributed by atoms with Crippen molar-refractivity contribution in [3.05, 3.63) is 101 Å². The van der Waals surface area contributed by atoms with Crippen molar-refractivity contribution < 1.29 is 13.2 Å². The summed E-state index contributed by atoms with van der Waals surface area (Å²) in [5, 5.41) is 11.7. The maximum absolute atomic E-state index is 12.9. The number of rotatable bonds is 6. The molecule has 0 aliphatic heterocycles. The van der Waals surface area contributed by atoms with Crippen LogP contribution in [0.3, 0.4) is 0 Å². The summed E-state index contributed by atoms with van der Waals surface area (Å²) in [5.41, 5.74) is 1.09. The van der Waals surface area contributed by atoms with Gasteiger partial charge < -0.3 is 4.74 Å². The highest BCUT2D eigenvalue weighted by Crippen LogP contribution is 2.30. The summed E-state index contributed by atoms with van der Waals surface area (Å²) in [4.78, 5) is 0.115. The predicted molar refractivity (Wildman–Crippen MR) is 125 cm³/mol. The second-order valence-electron chi connectivity index (χ2n) is 7.25. The molecule has 0 aliphatic rings. The number of sulfonamides is 1. The zero-order valence-corrected chi connectivity index (χ0v) is 18.7. The quantitative estimate of drug-likeness (QED) is 0.370. The van der Waals surface area contributed by atoms with Gasteiger partial charge in [-0.3, -0.25) is 0 Å². The molecule has 160 valence electrons. The second kappa shape index (κ2) is 9.01. The van der Waals surface area contributed by atoms with E-state index in [9.17, 15) is 13.7 Å². The third-order valence-corrected chi connectivity index (χ3v) is 6.93. The Kier molecular flexibility index (Phi) is 6.15. The van der Waals surface area contributed by atoms with Gasteiger partial charge in [0.25, 0.3) is 0 Å². The highest BCUT2D eigenvalue weighted by molar-refractivity contribution is 7.89. The van der Waals surface area contributed by atoms with Crippen LogP contribution in [0.4, 0.5) is 0 Å². The van der Waals surface area contributed by atoms with Crippen LogP contribution in [0.15, 0.2) is 89.8 Å². The van der Waals surface area contributed by atoms with Crippen LogP contribution in [0.5, 0.6) is 11.5 Å². The number of halogens is 1. The van der Waals surface area contributed by atoms with Crippen molar-refractivity contribution in [1.82, 2.24) is 4.72 Å². The summed E-state index contributed by atoms with van der Waals surface area (Å²) in [6.45, 7) is 1.81. The number of hydrogen-bond acceptors (Lipinski definition) is 4. The van der Waals surface area contributed by atoms with Crippen molar-refractivity contribution in [3.8, 4) is 17.6 Å². The zero-order chi connectivity index (χ0) is 22.7. The molecule has 1 N–H and O–H groups in total. The number of nitrogens with zero attached hydrogens (tertiary/aromatic N) is 1. The fourth-order valence-corrected chi connectivity index (χ4v) is 4.80.